The third kappa shape index (κ3) is 4.79. The summed E-state index contributed by atoms with van der Waals surface area (Å²) in [6.07, 6.45) is 10.7. The molecule has 0 bridgehead atoms. The van der Waals surface area contributed by atoms with Gasteiger partial charge in [-0.15, -0.1) is 0 Å². The van der Waals surface area contributed by atoms with E-state index < -0.39 is 5.54 Å². The van der Waals surface area contributed by atoms with E-state index in [2.05, 4.69) is 25.2 Å². The number of ether oxygens (including phenoxy) is 1. The highest BCUT2D eigenvalue weighted by Gasteiger charge is 2.42. The van der Waals surface area contributed by atoms with Gasteiger partial charge in [-0.3, -0.25) is 10.2 Å². The van der Waals surface area contributed by atoms with Crippen LogP contribution in [0.1, 0.15) is 70.3 Å². The summed E-state index contributed by atoms with van der Waals surface area (Å²) in [5.41, 5.74) is 0.340. The third-order valence-electron chi connectivity index (χ3n) is 5.87. The Morgan fingerprint density at radius 1 is 1.22 bits per heavy atom. The summed E-state index contributed by atoms with van der Waals surface area (Å²) in [5, 5.41) is 11.4. The lowest BCUT2D eigenvalue weighted by atomic mass is 9.77. The lowest BCUT2D eigenvalue weighted by molar-refractivity contribution is -0.126. The van der Waals surface area contributed by atoms with E-state index in [4.69, 9.17) is 10.1 Å². The monoisotopic (exact) mass is 368 g/mol. The number of rotatable bonds is 6. The van der Waals surface area contributed by atoms with Gasteiger partial charge in [0, 0.05) is 6.42 Å². The maximum absolute atomic E-state index is 13.1. The number of allylic oxidation sites excluding steroid dienone is 1. The molecule has 3 rings (SSSR count). The van der Waals surface area contributed by atoms with Crippen molar-refractivity contribution in [3.8, 4) is 5.75 Å². The molecular weight excluding hydrogens is 336 g/mol. The number of hydrogen-bond acceptors (Lipinski definition) is 3. The Bertz CT molecular complexity index is 704. The number of ketones is 1. The van der Waals surface area contributed by atoms with Gasteiger partial charge >= 0.3 is 0 Å². The van der Waals surface area contributed by atoms with E-state index in [0.29, 0.717) is 24.1 Å². The number of para-hydroxylation sites is 1. The molecule has 0 radical (unpaired) electrons. The fourth-order valence-corrected chi connectivity index (χ4v) is 4.36. The maximum Gasteiger partial charge on any atom is 0.165 e. The minimum absolute atomic E-state index is 0.133. The number of nitrogens with one attached hydrogen (secondary N) is 2. The fraction of sp³-hybridized carbons (Fsp3) is 0.565. The van der Waals surface area contributed by atoms with Crippen molar-refractivity contribution in [2.24, 2.45) is 5.92 Å². The van der Waals surface area contributed by atoms with Crippen LogP contribution >= 0.6 is 0 Å². The first-order valence-electron chi connectivity index (χ1n) is 10.3. The molecule has 2 aliphatic rings. The van der Waals surface area contributed by atoms with Crippen LogP contribution in [-0.4, -0.2) is 23.8 Å². The number of carbonyl (C=O) groups excluding carboxylic acids is 1. The number of hydrogen-bond donors (Lipinski definition) is 2. The lowest BCUT2D eigenvalue weighted by Crippen LogP contribution is -2.58. The normalized spacial score (nSPS) is 24.0. The van der Waals surface area contributed by atoms with Gasteiger partial charge in [0.2, 0.25) is 0 Å². The van der Waals surface area contributed by atoms with Crippen molar-refractivity contribution in [1.29, 1.82) is 5.41 Å². The number of amidine groups is 1. The van der Waals surface area contributed by atoms with Crippen molar-refractivity contribution >= 4 is 11.6 Å². The summed E-state index contributed by atoms with van der Waals surface area (Å²) in [5.74, 6) is 2.15. The minimum atomic E-state index is -0.813. The van der Waals surface area contributed by atoms with Crippen LogP contribution in [-0.2, 0) is 4.79 Å². The highest BCUT2D eigenvalue weighted by molar-refractivity contribution is 6.01. The lowest BCUT2D eigenvalue weighted by Gasteiger charge is -2.37. The Morgan fingerprint density at radius 2 is 1.96 bits per heavy atom. The molecule has 1 heterocycles. The topological polar surface area (TPSA) is 62.2 Å². The third-order valence-corrected chi connectivity index (χ3v) is 5.87. The summed E-state index contributed by atoms with van der Waals surface area (Å²) in [4.78, 5) is 13.1. The Morgan fingerprint density at radius 3 is 2.70 bits per heavy atom. The second kappa shape index (κ2) is 8.73. The molecule has 1 aromatic rings. The van der Waals surface area contributed by atoms with E-state index in [1.807, 2.05) is 18.2 Å². The smallest absolute Gasteiger partial charge is 0.165 e. The molecule has 0 aromatic heterocycles. The zero-order chi connectivity index (χ0) is 19.3. The number of carbonyl (C=O) groups is 1. The van der Waals surface area contributed by atoms with Crippen molar-refractivity contribution in [2.45, 2.75) is 70.3 Å². The molecular formula is C23H32N2O2. The summed E-state index contributed by atoms with van der Waals surface area (Å²) >= 11 is 0. The van der Waals surface area contributed by atoms with Gasteiger partial charge in [-0.05, 0) is 36.0 Å². The first kappa shape index (κ1) is 19.7. The van der Waals surface area contributed by atoms with Gasteiger partial charge in [0.15, 0.2) is 5.78 Å². The minimum Gasteiger partial charge on any atom is -0.490 e. The summed E-state index contributed by atoms with van der Waals surface area (Å²) in [7, 11) is 0. The van der Waals surface area contributed by atoms with Crippen LogP contribution in [0.15, 0.2) is 36.4 Å². The van der Waals surface area contributed by atoms with Gasteiger partial charge in [-0.1, -0.05) is 70.2 Å². The highest BCUT2D eigenvalue weighted by atomic mass is 16.5. The van der Waals surface area contributed by atoms with E-state index >= 15 is 0 Å². The molecule has 27 heavy (non-hydrogen) atoms. The molecule has 1 aliphatic heterocycles. The molecule has 4 nitrogen and oxygen atoms in total. The van der Waals surface area contributed by atoms with Crippen molar-refractivity contribution < 1.29 is 9.53 Å². The van der Waals surface area contributed by atoms with Gasteiger partial charge in [0.05, 0.1) is 0 Å². The molecule has 2 N–H and O–H groups in total. The van der Waals surface area contributed by atoms with Crippen LogP contribution in [0.3, 0.4) is 0 Å². The van der Waals surface area contributed by atoms with Crippen molar-refractivity contribution in [1.82, 2.24) is 5.32 Å². The molecule has 1 aromatic carbocycles. The number of benzene rings is 1. The van der Waals surface area contributed by atoms with Crippen molar-refractivity contribution in [3.05, 3.63) is 42.0 Å². The second-order valence-corrected chi connectivity index (χ2v) is 8.34. The fourth-order valence-electron chi connectivity index (χ4n) is 4.36. The second-order valence-electron chi connectivity index (χ2n) is 8.34. The average molecular weight is 369 g/mol. The molecule has 0 saturated heterocycles. The van der Waals surface area contributed by atoms with Gasteiger partial charge in [0.25, 0.3) is 0 Å². The molecule has 4 heteroatoms. The van der Waals surface area contributed by atoms with Crippen LogP contribution in [0.25, 0.3) is 0 Å². The summed E-state index contributed by atoms with van der Waals surface area (Å²) in [6.45, 7) is 4.57. The van der Waals surface area contributed by atoms with Crippen LogP contribution in [0.5, 0.6) is 5.75 Å². The van der Waals surface area contributed by atoms with Gasteiger partial charge in [-0.25, -0.2) is 0 Å². The summed E-state index contributed by atoms with van der Waals surface area (Å²) in [6, 6.07) is 8.06. The molecule has 1 aliphatic carbocycles. The SMILES string of the molecule is CC(C)c1ccccc1OCC1(CC2CCCCC2)NC(=N)C=CCC1=O. The van der Waals surface area contributed by atoms with E-state index in [9.17, 15) is 4.79 Å². The van der Waals surface area contributed by atoms with E-state index in [1.165, 1.54) is 32.1 Å². The van der Waals surface area contributed by atoms with Crippen molar-refractivity contribution in [3.63, 3.8) is 0 Å². The standard InChI is InChI=1S/C23H32N2O2/c1-17(2)19-11-6-7-12-20(19)27-16-23(15-18-9-4-3-5-10-18)21(26)13-8-14-22(24)25-23/h6-8,11-12,14,17-18H,3-5,9-10,13,15-16H2,1-2H3,(H2,24,25). The molecule has 1 fully saturated rings. The van der Waals surface area contributed by atoms with Crippen molar-refractivity contribution in [2.75, 3.05) is 6.61 Å². The maximum atomic E-state index is 13.1. The van der Waals surface area contributed by atoms with Crippen LogP contribution in [0, 0.1) is 11.3 Å². The van der Waals surface area contributed by atoms with Gasteiger partial charge in [0.1, 0.15) is 23.7 Å². The Hall–Kier alpha value is -2.10. The van der Waals surface area contributed by atoms with Crippen LogP contribution in [0.4, 0.5) is 0 Å². The summed E-state index contributed by atoms with van der Waals surface area (Å²) < 4.78 is 6.25. The first-order valence-corrected chi connectivity index (χ1v) is 10.3. The largest absolute Gasteiger partial charge is 0.490 e. The van der Waals surface area contributed by atoms with Crippen LogP contribution < -0.4 is 10.1 Å². The quantitative estimate of drug-likeness (QED) is 0.743. The predicted octanol–water partition coefficient (Wildman–Crippen LogP) is 4.99. The van der Waals surface area contributed by atoms with E-state index in [-0.39, 0.29) is 12.4 Å². The van der Waals surface area contributed by atoms with E-state index in [0.717, 1.165) is 17.7 Å². The predicted molar refractivity (Wildman–Crippen MR) is 110 cm³/mol. The first-order chi connectivity index (χ1) is 13.0. The zero-order valence-electron chi connectivity index (χ0n) is 16.6. The van der Waals surface area contributed by atoms with Gasteiger partial charge in [-0.2, -0.15) is 0 Å². The average Bonchev–Trinajstić information content (AvgIpc) is 2.79. The number of Topliss-reactive ketones (excluding diaryl/α,β-unsaturated/α-hetero) is 1. The van der Waals surface area contributed by atoms with E-state index in [1.54, 1.807) is 12.2 Å². The Kier molecular flexibility index (Phi) is 6.35. The Labute approximate surface area is 162 Å². The molecule has 1 saturated carbocycles. The Balaban J connectivity index is 1.83. The molecule has 1 unspecified atom stereocenters. The molecule has 0 amide bonds. The molecule has 0 spiro atoms. The molecule has 146 valence electrons. The van der Waals surface area contributed by atoms with Crippen LogP contribution in [0.2, 0.25) is 0 Å². The highest BCUT2D eigenvalue weighted by Crippen LogP contribution is 2.34. The van der Waals surface area contributed by atoms with Gasteiger partial charge < -0.3 is 10.1 Å². The molecule has 1 atom stereocenters. The zero-order valence-corrected chi connectivity index (χ0v) is 16.6.